The third-order valence-electron chi connectivity index (χ3n) is 1.89. The van der Waals surface area contributed by atoms with E-state index in [9.17, 15) is 4.39 Å². The molecule has 0 amide bonds. The Hall–Kier alpha value is -1.23. The van der Waals surface area contributed by atoms with Crippen LogP contribution in [-0.2, 0) is 0 Å². The van der Waals surface area contributed by atoms with E-state index < -0.39 is 0 Å². The normalized spacial score (nSPS) is 10.2. The predicted octanol–water partition coefficient (Wildman–Crippen LogP) is 1.07. The van der Waals surface area contributed by atoms with E-state index in [1.54, 1.807) is 6.92 Å². The fourth-order valence-corrected chi connectivity index (χ4v) is 1.06. The standard InChI is InChI=1S/C9H15FN4/c1-7-8(10)9(14-6-13-7)12-5-3-2-4-11/h6H,2-5,11H2,1H3,(H,12,13,14). The maximum Gasteiger partial charge on any atom is 0.186 e. The summed E-state index contributed by atoms with van der Waals surface area (Å²) in [5.41, 5.74) is 5.70. The Bertz CT molecular complexity index is 290. The lowest BCUT2D eigenvalue weighted by Crippen LogP contribution is -2.09. The highest BCUT2D eigenvalue weighted by molar-refractivity contribution is 5.36. The van der Waals surface area contributed by atoms with Crippen LogP contribution < -0.4 is 11.1 Å². The number of rotatable bonds is 5. The van der Waals surface area contributed by atoms with Gasteiger partial charge in [0, 0.05) is 6.54 Å². The number of hydrogen-bond acceptors (Lipinski definition) is 4. The molecule has 0 spiro atoms. The van der Waals surface area contributed by atoms with E-state index in [2.05, 4.69) is 15.3 Å². The van der Waals surface area contributed by atoms with E-state index in [0.29, 0.717) is 18.8 Å². The molecular weight excluding hydrogens is 183 g/mol. The van der Waals surface area contributed by atoms with Crippen LogP contribution in [0.15, 0.2) is 6.33 Å². The number of unbranched alkanes of at least 4 members (excludes halogenated alkanes) is 1. The molecule has 1 heterocycles. The number of halogens is 1. The van der Waals surface area contributed by atoms with Crippen LogP contribution in [0.4, 0.5) is 10.2 Å². The number of nitrogens with two attached hydrogens (primary N) is 1. The van der Waals surface area contributed by atoms with Gasteiger partial charge in [-0.25, -0.2) is 14.4 Å². The Morgan fingerprint density at radius 2 is 2.21 bits per heavy atom. The van der Waals surface area contributed by atoms with Gasteiger partial charge in [0.25, 0.3) is 0 Å². The van der Waals surface area contributed by atoms with Crippen molar-refractivity contribution in [3.05, 3.63) is 17.8 Å². The monoisotopic (exact) mass is 198 g/mol. The van der Waals surface area contributed by atoms with Gasteiger partial charge in [0.05, 0.1) is 5.69 Å². The summed E-state index contributed by atoms with van der Waals surface area (Å²) < 4.78 is 13.3. The summed E-state index contributed by atoms with van der Waals surface area (Å²) in [5, 5.41) is 2.91. The summed E-state index contributed by atoms with van der Waals surface area (Å²) in [5.74, 6) is -0.102. The Balaban J connectivity index is 2.46. The molecule has 3 N–H and O–H groups in total. The lowest BCUT2D eigenvalue weighted by atomic mass is 10.3. The van der Waals surface area contributed by atoms with Crippen molar-refractivity contribution in [3.63, 3.8) is 0 Å². The van der Waals surface area contributed by atoms with Gasteiger partial charge in [-0.2, -0.15) is 0 Å². The van der Waals surface area contributed by atoms with Gasteiger partial charge in [-0.05, 0) is 26.3 Å². The summed E-state index contributed by atoms with van der Waals surface area (Å²) in [6.07, 6.45) is 3.20. The quantitative estimate of drug-likeness (QED) is 0.695. The average Bonchev–Trinajstić information content (AvgIpc) is 2.19. The molecule has 0 aliphatic rings. The van der Waals surface area contributed by atoms with Gasteiger partial charge in [-0.15, -0.1) is 0 Å². The largest absolute Gasteiger partial charge is 0.368 e. The minimum absolute atomic E-state index is 0.273. The highest BCUT2D eigenvalue weighted by Crippen LogP contribution is 2.11. The Morgan fingerprint density at radius 1 is 1.43 bits per heavy atom. The number of aromatic nitrogens is 2. The smallest absolute Gasteiger partial charge is 0.186 e. The van der Waals surface area contributed by atoms with E-state index in [-0.39, 0.29) is 11.6 Å². The van der Waals surface area contributed by atoms with Crippen LogP contribution in [0.5, 0.6) is 0 Å². The number of nitrogens with one attached hydrogen (secondary N) is 1. The van der Waals surface area contributed by atoms with Crippen molar-refractivity contribution in [2.75, 3.05) is 18.4 Å². The van der Waals surface area contributed by atoms with Crippen LogP contribution >= 0.6 is 0 Å². The molecule has 0 unspecified atom stereocenters. The van der Waals surface area contributed by atoms with Crippen molar-refractivity contribution in [1.82, 2.24) is 9.97 Å². The molecule has 0 radical (unpaired) electrons. The first-order valence-corrected chi connectivity index (χ1v) is 4.66. The molecule has 1 rings (SSSR count). The SMILES string of the molecule is Cc1ncnc(NCCCCN)c1F. The van der Waals surface area contributed by atoms with Crippen molar-refractivity contribution in [2.45, 2.75) is 19.8 Å². The number of anilines is 1. The molecule has 0 fully saturated rings. The Kier molecular flexibility index (Phi) is 4.25. The van der Waals surface area contributed by atoms with Gasteiger partial charge < -0.3 is 11.1 Å². The summed E-state index contributed by atoms with van der Waals surface area (Å²) in [6.45, 7) is 2.96. The van der Waals surface area contributed by atoms with Crippen molar-refractivity contribution in [1.29, 1.82) is 0 Å². The summed E-state index contributed by atoms with van der Waals surface area (Å²) in [4.78, 5) is 7.55. The molecule has 1 aromatic rings. The zero-order valence-corrected chi connectivity index (χ0v) is 8.26. The molecule has 1 aromatic heterocycles. The van der Waals surface area contributed by atoms with Crippen LogP contribution in [0.1, 0.15) is 18.5 Å². The van der Waals surface area contributed by atoms with Crippen molar-refractivity contribution < 1.29 is 4.39 Å². The molecule has 0 atom stereocenters. The molecule has 0 aliphatic heterocycles. The van der Waals surface area contributed by atoms with E-state index in [0.717, 1.165) is 12.8 Å². The van der Waals surface area contributed by atoms with E-state index in [1.165, 1.54) is 6.33 Å². The molecule has 14 heavy (non-hydrogen) atoms. The highest BCUT2D eigenvalue weighted by atomic mass is 19.1. The summed E-state index contributed by atoms with van der Waals surface area (Å²) >= 11 is 0. The molecule has 0 aromatic carbocycles. The lowest BCUT2D eigenvalue weighted by Gasteiger charge is -2.06. The van der Waals surface area contributed by atoms with Gasteiger partial charge in [0.1, 0.15) is 6.33 Å². The topological polar surface area (TPSA) is 63.8 Å². The third-order valence-corrected chi connectivity index (χ3v) is 1.89. The molecule has 0 saturated carbocycles. The van der Waals surface area contributed by atoms with Gasteiger partial charge in [0.2, 0.25) is 0 Å². The van der Waals surface area contributed by atoms with Crippen LogP contribution in [0.2, 0.25) is 0 Å². The van der Waals surface area contributed by atoms with Gasteiger partial charge in [-0.1, -0.05) is 0 Å². The van der Waals surface area contributed by atoms with E-state index in [4.69, 9.17) is 5.73 Å². The molecule has 0 bridgehead atoms. The minimum Gasteiger partial charge on any atom is -0.368 e. The van der Waals surface area contributed by atoms with Crippen LogP contribution in [0, 0.1) is 12.7 Å². The maximum absolute atomic E-state index is 13.3. The maximum atomic E-state index is 13.3. The number of hydrogen-bond donors (Lipinski definition) is 2. The first kappa shape index (κ1) is 10.8. The number of aryl methyl sites for hydroxylation is 1. The zero-order valence-electron chi connectivity index (χ0n) is 8.26. The van der Waals surface area contributed by atoms with Gasteiger partial charge in [-0.3, -0.25) is 0 Å². The van der Waals surface area contributed by atoms with Crippen LogP contribution in [0.25, 0.3) is 0 Å². The van der Waals surface area contributed by atoms with Gasteiger partial charge in [0.15, 0.2) is 11.6 Å². The first-order valence-electron chi connectivity index (χ1n) is 4.66. The lowest BCUT2D eigenvalue weighted by molar-refractivity contribution is 0.603. The second-order valence-corrected chi connectivity index (χ2v) is 3.04. The molecule has 78 valence electrons. The zero-order chi connectivity index (χ0) is 10.4. The fraction of sp³-hybridized carbons (Fsp3) is 0.556. The van der Waals surface area contributed by atoms with Crippen molar-refractivity contribution in [3.8, 4) is 0 Å². The fourth-order valence-electron chi connectivity index (χ4n) is 1.06. The summed E-state index contributed by atoms with van der Waals surface area (Å²) in [6, 6.07) is 0. The second kappa shape index (κ2) is 5.49. The van der Waals surface area contributed by atoms with Crippen molar-refractivity contribution in [2.24, 2.45) is 5.73 Å². The Morgan fingerprint density at radius 3 is 2.93 bits per heavy atom. The molecule has 4 nitrogen and oxygen atoms in total. The molecule has 5 heteroatoms. The van der Waals surface area contributed by atoms with Crippen molar-refractivity contribution >= 4 is 5.82 Å². The van der Waals surface area contributed by atoms with Gasteiger partial charge >= 0.3 is 0 Å². The first-order chi connectivity index (χ1) is 6.75. The molecule has 0 saturated heterocycles. The third kappa shape index (κ3) is 2.92. The molecular formula is C9H15FN4. The minimum atomic E-state index is -0.375. The summed E-state index contributed by atoms with van der Waals surface area (Å²) in [7, 11) is 0. The van der Waals surface area contributed by atoms with Crippen LogP contribution in [0.3, 0.4) is 0 Å². The van der Waals surface area contributed by atoms with Crippen LogP contribution in [-0.4, -0.2) is 23.1 Å². The Labute approximate surface area is 82.8 Å². The number of nitrogens with zero attached hydrogens (tertiary/aromatic N) is 2. The highest BCUT2D eigenvalue weighted by Gasteiger charge is 2.05. The predicted molar refractivity (Wildman–Crippen MR) is 53.5 cm³/mol. The van der Waals surface area contributed by atoms with E-state index in [1.807, 2.05) is 0 Å². The average molecular weight is 198 g/mol. The second-order valence-electron chi connectivity index (χ2n) is 3.04. The molecule has 0 aliphatic carbocycles. The van der Waals surface area contributed by atoms with E-state index >= 15 is 0 Å².